The van der Waals surface area contributed by atoms with Crippen molar-refractivity contribution in [2.75, 3.05) is 11.9 Å². The van der Waals surface area contributed by atoms with Gasteiger partial charge in [-0.2, -0.15) is 0 Å². The summed E-state index contributed by atoms with van der Waals surface area (Å²) in [6.45, 7) is -0.0630. The van der Waals surface area contributed by atoms with Crippen molar-refractivity contribution >= 4 is 38.3 Å². The largest absolute Gasteiger partial charge is 0.483 e. The number of hydrogen-bond donors (Lipinski definition) is 1. The average molecular weight is 432 g/mol. The molecule has 4 rings (SSSR count). The molecule has 0 atom stereocenters. The highest BCUT2D eigenvalue weighted by Gasteiger charge is 2.09. The molecular formula is C24H18BrNO2. The molecule has 0 aliphatic rings. The van der Waals surface area contributed by atoms with Gasteiger partial charge in [-0.05, 0) is 50.6 Å². The molecule has 0 heterocycles. The van der Waals surface area contributed by atoms with Gasteiger partial charge in [-0.1, -0.05) is 72.8 Å². The van der Waals surface area contributed by atoms with Crippen LogP contribution in [0.15, 0.2) is 95.5 Å². The van der Waals surface area contributed by atoms with Gasteiger partial charge in [0, 0.05) is 11.1 Å². The predicted molar refractivity (Wildman–Crippen MR) is 118 cm³/mol. The number of rotatable bonds is 5. The maximum Gasteiger partial charge on any atom is 0.262 e. The number of ether oxygens (including phenoxy) is 1. The van der Waals surface area contributed by atoms with Gasteiger partial charge in [0.25, 0.3) is 5.91 Å². The molecule has 0 aliphatic heterocycles. The van der Waals surface area contributed by atoms with E-state index < -0.39 is 0 Å². The van der Waals surface area contributed by atoms with Crippen LogP contribution in [-0.4, -0.2) is 12.5 Å². The normalized spacial score (nSPS) is 10.6. The van der Waals surface area contributed by atoms with E-state index >= 15 is 0 Å². The van der Waals surface area contributed by atoms with Crippen molar-refractivity contribution in [2.45, 2.75) is 0 Å². The second kappa shape index (κ2) is 8.28. The van der Waals surface area contributed by atoms with Crippen LogP contribution in [0.5, 0.6) is 5.75 Å². The van der Waals surface area contributed by atoms with Crippen molar-refractivity contribution in [3.05, 3.63) is 95.5 Å². The van der Waals surface area contributed by atoms with Crippen LogP contribution in [-0.2, 0) is 4.79 Å². The fraction of sp³-hybridized carbons (Fsp3) is 0.0417. The number of benzene rings is 4. The first-order valence-corrected chi connectivity index (χ1v) is 9.75. The van der Waals surface area contributed by atoms with E-state index in [9.17, 15) is 4.79 Å². The van der Waals surface area contributed by atoms with Crippen molar-refractivity contribution < 1.29 is 9.53 Å². The van der Waals surface area contributed by atoms with Gasteiger partial charge in [0.15, 0.2) is 6.61 Å². The Bertz CT molecular complexity index is 1120. The van der Waals surface area contributed by atoms with E-state index in [1.54, 1.807) is 0 Å². The lowest BCUT2D eigenvalue weighted by atomic mass is 10.1. The number of hydrogen-bond acceptors (Lipinski definition) is 2. The number of halogens is 1. The summed E-state index contributed by atoms with van der Waals surface area (Å²) < 4.78 is 6.53. The summed E-state index contributed by atoms with van der Waals surface area (Å²) in [5.74, 6) is 0.433. The molecule has 4 aromatic rings. The molecule has 0 radical (unpaired) electrons. The zero-order chi connectivity index (χ0) is 19.3. The van der Waals surface area contributed by atoms with Crippen LogP contribution in [0.25, 0.3) is 21.9 Å². The molecule has 28 heavy (non-hydrogen) atoms. The number of carbonyl (C=O) groups is 1. The van der Waals surface area contributed by atoms with Crippen LogP contribution in [0.2, 0.25) is 0 Å². The van der Waals surface area contributed by atoms with Crippen LogP contribution in [0.1, 0.15) is 0 Å². The molecule has 3 nitrogen and oxygen atoms in total. The third-order valence-corrected chi connectivity index (χ3v) is 5.08. The first-order valence-electron chi connectivity index (χ1n) is 8.96. The molecular weight excluding hydrogens is 414 g/mol. The van der Waals surface area contributed by atoms with Gasteiger partial charge in [0.1, 0.15) is 5.75 Å². The highest BCUT2D eigenvalue weighted by atomic mass is 79.9. The highest BCUT2D eigenvalue weighted by molar-refractivity contribution is 9.10. The van der Waals surface area contributed by atoms with Crippen molar-refractivity contribution in [3.8, 4) is 16.9 Å². The maximum absolute atomic E-state index is 12.4. The third kappa shape index (κ3) is 4.07. The molecule has 0 saturated heterocycles. The number of fused-ring (bicyclic) bond motifs is 1. The lowest BCUT2D eigenvalue weighted by molar-refractivity contribution is -0.118. The minimum atomic E-state index is -0.199. The SMILES string of the molecule is O=C(COc1ccc(-c2ccccc2)cc1Br)Nc1cccc2ccccc12. The van der Waals surface area contributed by atoms with E-state index in [2.05, 4.69) is 33.4 Å². The van der Waals surface area contributed by atoms with Crippen LogP contribution in [0.4, 0.5) is 5.69 Å². The van der Waals surface area contributed by atoms with Gasteiger partial charge >= 0.3 is 0 Å². The van der Waals surface area contributed by atoms with Crippen LogP contribution in [0, 0.1) is 0 Å². The molecule has 4 aromatic carbocycles. The Morgan fingerprint density at radius 2 is 1.57 bits per heavy atom. The molecule has 0 bridgehead atoms. The number of carbonyl (C=O) groups excluding carboxylic acids is 1. The quantitative estimate of drug-likeness (QED) is 0.403. The zero-order valence-electron chi connectivity index (χ0n) is 15.1. The Kier molecular flexibility index (Phi) is 5.40. The van der Waals surface area contributed by atoms with Crippen molar-refractivity contribution in [3.63, 3.8) is 0 Å². The van der Waals surface area contributed by atoms with Gasteiger partial charge in [0.05, 0.1) is 4.47 Å². The van der Waals surface area contributed by atoms with E-state index in [1.165, 1.54) is 0 Å². The third-order valence-electron chi connectivity index (χ3n) is 4.46. The molecule has 1 amide bonds. The Hall–Kier alpha value is -3.11. The van der Waals surface area contributed by atoms with E-state index in [0.717, 1.165) is 32.1 Å². The molecule has 0 saturated carbocycles. The predicted octanol–water partition coefficient (Wildman–Crippen LogP) is 6.29. The first-order chi connectivity index (χ1) is 13.7. The van der Waals surface area contributed by atoms with Crippen molar-refractivity contribution in [1.29, 1.82) is 0 Å². The Balaban J connectivity index is 1.43. The Labute approximate surface area is 172 Å². The first kappa shape index (κ1) is 18.3. The number of amides is 1. The van der Waals surface area contributed by atoms with E-state index in [1.807, 2.05) is 78.9 Å². The van der Waals surface area contributed by atoms with Crippen LogP contribution >= 0.6 is 15.9 Å². The maximum atomic E-state index is 12.4. The standard InChI is InChI=1S/C24H18BrNO2/c25-21-15-19(17-7-2-1-3-8-17)13-14-23(21)28-16-24(27)26-22-12-6-10-18-9-4-5-11-20(18)22/h1-15H,16H2,(H,26,27). The van der Waals surface area contributed by atoms with Gasteiger partial charge in [-0.3, -0.25) is 4.79 Å². The number of nitrogens with one attached hydrogen (secondary N) is 1. The van der Waals surface area contributed by atoms with Crippen molar-refractivity contribution in [2.24, 2.45) is 0 Å². The average Bonchev–Trinajstić information content (AvgIpc) is 2.74. The minimum Gasteiger partial charge on any atom is -0.483 e. The summed E-state index contributed by atoms with van der Waals surface area (Å²) in [6.07, 6.45) is 0. The topological polar surface area (TPSA) is 38.3 Å². The fourth-order valence-electron chi connectivity index (χ4n) is 3.09. The summed E-state index contributed by atoms with van der Waals surface area (Å²) in [4.78, 5) is 12.4. The molecule has 138 valence electrons. The molecule has 1 N–H and O–H groups in total. The Morgan fingerprint density at radius 3 is 2.39 bits per heavy atom. The van der Waals surface area contributed by atoms with Crippen LogP contribution < -0.4 is 10.1 Å². The highest BCUT2D eigenvalue weighted by Crippen LogP contribution is 2.31. The summed E-state index contributed by atoms with van der Waals surface area (Å²) in [7, 11) is 0. The van der Waals surface area contributed by atoms with Gasteiger partial charge in [-0.25, -0.2) is 0 Å². The van der Waals surface area contributed by atoms with Gasteiger partial charge in [0.2, 0.25) is 0 Å². The molecule has 0 aliphatic carbocycles. The summed E-state index contributed by atoms with van der Waals surface area (Å²) in [6, 6.07) is 29.8. The molecule has 0 spiro atoms. The van der Waals surface area contributed by atoms with Gasteiger partial charge in [-0.15, -0.1) is 0 Å². The summed E-state index contributed by atoms with van der Waals surface area (Å²) >= 11 is 3.54. The summed E-state index contributed by atoms with van der Waals surface area (Å²) in [5, 5.41) is 5.02. The van der Waals surface area contributed by atoms with E-state index in [0.29, 0.717) is 5.75 Å². The smallest absolute Gasteiger partial charge is 0.262 e. The molecule has 0 unspecified atom stereocenters. The fourth-order valence-corrected chi connectivity index (χ4v) is 3.59. The van der Waals surface area contributed by atoms with E-state index in [-0.39, 0.29) is 12.5 Å². The lowest BCUT2D eigenvalue weighted by Gasteiger charge is -2.11. The molecule has 4 heteroatoms. The molecule has 0 aromatic heterocycles. The lowest BCUT2D eigenvalue weighted by Crippen LogP contribution is -2.20. The number of anilines is 1. The second-order valence-electron chi connectivity index (χ2n) is 6.37. The van der Waals surface area contributed by atoms with Crippen molar-refractivity contribution in [1.82, 2.24) is 0 Å². The zero-order valence-corrected chi connectivity index (χ0v) is 16.6. The molecule has 0 fully saturated rings. The minimum absolute atomic E-state index is 0.0630. The van der Waals surface area contributed by atoms with E-state index in [4.69, 9.17) is 4.74 Å². The van der Waals surface area contributed by atoms with Gasteiger partial charge < -0.3 is 10.1 Å². The Morgan fingerprint density at radius 1 is 0.821 bits per heavy atom. The monoisotopic (exact) mass is 431 g/mol. The van der Waals surface area contributed by atoms with Crippen LogP contribution in [0.3, 0.4) is 0 Å². The second-order valence-corrected chi connectivity index (χ2v) is 7.23. The summed E-state index contributed by atoms with van der Waals surface area (Å²) in [5.41, 5.74) is 2.99.